The number of anilines is 1. The third-order valence-electron chi connectivity index (χ3n) is 4.98. The summed E-state index contributed by atoms with van der Waals surface area (Å²) in [7, 11) is 0. The maximum atomic E-state index is 12.0. The van der Waals surface area contributed by atoms with Crippen molar-refractivity contribution in [2.24, 2.45) is 0 Å². The number of hydrogen-bond acceptors (Lipinski definition) is 4. The molecule has 1 aromatic rings. The minimum absolute atomic E-state index is 0.0831. The van der Waals surface area contributed by atoms with E-state index in [0.717, 1.165) is 18.8 Å². The molecule has 0 bridgehead atoms. The summed E-state index contributed by atoms with van der Waals surface area (Å²) < 4.78 is 0. The second kappa shape index (κ2) is 7.77. The quantitative estimate of drug-likeness (QED) is 0.926. The standard InChI is InChI=1S/C18H28N4O/c1-2-19-18(23)17-13-15(8-9-20-17)22-12-4-3-7-16(14-22)21-10-5-6-11-21/h8-9,13,16H,2-7,10-12,14H2,1H3,(H,19,23)/t16-/m0/s1. The van der Waals surface area contributed by atoms with Crippen molar-refractivity contribution in [1.29, 1.82) is 0 Å². The zero-order chi connectivity index (χ0) is 16.1. The summed E-state index contributed by atoms with van der Waals surface area (Å²) >= 11 is 0. The fourth-order valence-corrected chi connectivity index (χ4v) is 3.75. The van der Waals surface area contributed by atoms with Crippen molar-refractivity contribution in [2.75, 3.05) is 37.6 Å². The lowest BCUT2D eigenvalue weighted by atomic mass is 10.1. The van der Waals surface area contributed by atoms with Crippen LogP contribution in [0.3, 0.4) is 0 Å². The van der Waals surface area contributed by atoms with Gasteiger partial charge >= 0.3 is 0 Å². The Morgan fingerprint density at radius 3 is 2.83 bits per heavy atom. The van der Waals surface area contributed by atoms with E-state index in [0.29, 0.717) is 18.3 Å². The van der Waals surface area contributed by atoms with Crippen LogP contribution in [0.1, 0.15) is 49.5 Å². The van der Waals surface area contributed by atoms with E-state index in [2.05, 4.69) is 20.1 Å². The number of pyridine rings is 1. The minimum atomic E-state index is -0.0831. The van der Waals surface area contributed by atoms with Gasteiger partial charge in [0.05, 0.1) is 0 Å². The van der Waals surface area contributed by atoms with Gasteiger partial charge in [-0.25, -0.2) is 0 Å². The van der Waals surface area contributed by atoms with Crippen molar-refractivity contribution < 1.29 is 4.79 Å². The van der Waals surface area contributed by atoms with Crippen molar-refractivity contribution in [2.45, 2.75) is 45.1 Å². The number of likely N-dealkylation sites (tertiary alicyclic amines) is 1. The Morgan fingerprint density at radius 2 is 2.04 bits per heavy atom. The lowest BCUT2D eigenvalue weighted by molar-refractivity contribution is 0.0951. The highest BCUT2D eigenvalue weighted by molar-refractivity contribution is 5.93. The summed E-state index contributed by atoms with van der Waals surface area (Å²) in [4.78, 5) is 21.3. The largest absolute Gasteiger partial charge is 0.370 e. The zero-order valence-electron chi connectivity index (χ0n) is 14.1. The van der Waals surface area contributed by atoms with Crippen LogP contribution in [-0.2, 0) is 0 Å². The highest BCUT2D eigenvalue weighted by Gasteiger charge is 2.26. The van der Waals surface area contributed by atoms with Crippen LogP contribution in [0.5, 0.6) is 0 Å². The molecule has 1 atom stereocenters. The average Bonchev–Trinajstić information content (AvgIpc) is 3.00. The molecular formula is C18H28N4O. The molecule has 23 heavy (non-hydrogen) atoms. The van der Waals surface area contributed by atoms with Gasteiger partial charge in [-0.15, -0.1) is 0 Å². The molecule has 2 aliphatic rings. The fraction of sp³-hybridized carbons (Fsp3) is 0.667. The molecule has 5 heteroatoms. The van der Waals surface area contributed by atoms with Crippen LogP contribution < -0.4 is 10.2 Å². The monoisotopic (exact) mass is 316 g/mol. The number of nitrogens with zero attached hydrogens (tertiary/aromatic N) is 3. The Labute approximate surface area is 139 Å². The first-order chi connectivity index (χ1) is 11.3. The first-order valence-electron chi connectivity index (χ1n) is 9.01. The molecule has 2 saturated heterocycles. The van der Waals surface area contributed by atoms with Gasteiger partial charge in [-0.05, 0) is 57.8 Å². The third kappa shape index (κ3) is 4.02. The molecule has 0 spiro atoms. The predicted octanol–water partition coefficient (Wildman–Crippen LogP) is 2.29. The Kier molecular flexibility index (Phi) is 5.49. The van der Waals surface area contributed by atoms with Crippen LogP contribution in [0.2, 0.25) is 0 Å². The highest BCUT2D eigenvalue weighted by atomic mass is 16.1. The summed E-state index contributed by atoms with van der Waals surface area (Å²) in [5.74, 6) is -0.0831. The Balaban J connectivity index is 1.73. The van der Waals surface area contributed by atoms with Crippen molar-refractivity contribution in [3.05, 3.63) is 24.0 Å². The number of hydrogen-bond donors (Lipinski definition) is 1. The van der Waals surface area contributed by atoms with Crippen molar-refractivity contribution in [1.82, 2.24) is 15.2 Å². The summed E-state index contributed by atoms with van der Waals surface area (Å²) in [6, 6.07) is 4.63. The molecule has 0 saturated carbocycles. The number of nitrogens with one attached hydrogen (secondary N) is 1. The molecule has 1 N–H and O–H groups in total. The molecule has 1 aromatic heterocycles. The normalized spacial score (nSPS) is 22.8. The van der Waals surface area contributed by atoms with Gasteiger partial charge in [0, 0.05) is 37.6 Å². The van der Waals surface area contributed by atoms with Crippen molar-refractivity contribution in [3.63, 3.8) is 0 Å². The molecule has 2 fully saturated rings. The van der Waals surface area contributed by atoms with Crippen LogP contribution in [0.25, 0.3) is 0 Å². The van der Waals surface area contributed by atoms with Gasteiger partial charge < -0.3 is 10.2 Å². The first kappa shape index (κ1) is 16.2. The average molecular weight is 316 g/mol. The summed E-state index contributed by atoms with van der Waals surface area (Å²) in [5.41, 5.74) is 1.65. The number of carbonyl (C=O) groups is 1. The predicted molar refractivity (Wildman–Crippen MR) is 92.9 cm³/mol. The summed E-state index contributed by atoms with van der Waals surface area (Å²) in [6.45, 7) is 7.20. The van der Waals surface area contributed by atoms with Crippen molar-refractivity contribution >= 4 is 11.6 Å². The van der Waals surface area contributed by atoms with E-state index in [1.165, 1.54) is 45.2 Å². The van der Waals surface area contributed by atoms with Gasteiger partial charge in [0.15, 0.2) is 0 Å². The van der Waals surface area contributed by atoms with E-state index in [4.69, 9.17) is 0 Å². The van der Waals surface area contributed by atoms with Gasteiger partial charge in [0.1, 0.15) is 5.69 Å². The van der Waals surface area contributed by atoms with E-state index in [1.807, 2.05) is 19.1 Å². The zero-order valence-corrected chi connectivity index (χ0v) is 14.1. The maximum absolute atomic E-state index is 12.0. The molecule has 2 aliphatic heterocycles. The summed E-state index contributed by atoms with van der Waals surface area (Å²) in [6.07, 6.45) is 8.26. The Bertz CT molecular complexity index is 528. The SMILES string of the molecule is CCNC(=O)c1cc(N2CCCC[C@H](N3CCCC3)C2)ccn1. The molecule has 0 aromatic carbocycles. The molecule has 126 valence electrons. The third-order valence-corrected chi connectivity index (χ3v) is 4.98. The lowest BCUT2D eigenvalue weighted by Crippen LogP contribution is -2.41. The Hall–Kier alpha value is -1.62. The molecule has 3 rings (SSSR count). The maximum Gasteiger partial charge on any atom is 0.269 e. The van der Waals surface area contributed by atoms with E-state index in [9.17, 15) is 4.79 Å². The molecule has 0 aliphatic carbocycles. The number of rotatable bonds is 4. The Morgan fingerprint density at radius 1 is 1.26 bits per heavy atom. The van der Waals surface area contributed by atoms with Gasteiger partial charge in [-0.2, -0.15) is 0 Å². The molecule has 0 radical (unpaired) electrons. The van der Waals surface area contributed by atoms with Crippen LogP contribution >= 0.6 is 0 Å². The lowest BCUT2D eigenvalue weighted by Gasteiger charge is -2.32. The van der Waals surface area contributed by atoms with Crippen LogP contribution in [0.15, 0.2) is 18.3 Å². The van der Waals surface area contributed by atoms with Crippen LogP contribution in [0.4, 0.5) is 5.69 Å². The smallest absolute Gasteiger partial charge is 0.269 e. The molecule has 1 amide bonds. The first-order valence-corrected chi connectivity index (χ1v) is 9.01. The number of amides is 1. The van der Waals surface area contributed by atoms with Gasteiger partial charge in [-0.3, -0.25) is 14.7 Å². The van der Waals surface area contributed by atoms with E-state index < -0.39 is 0 Å². The fourth-order valence-electron chi connectivity index (χ4n) is 3.75. The van der Waals surface area contributed by atoms with E-state index >= 15 is 0 Å². The topological polar surface area (TPSA) is 48.5 Å². The molecule has 5 nitrogen and oxygen atoms in total. The van der Waals surface area contributed by atoms with Gasteiger partial charge in [0.25, 0.3) is 5.91 Å². The highest BCUT2D eigenvalue weighted by Crippen LogP contribution is 2.24. The minimum Gasteiger partial charge on any atom is -0.370 e. The van der Waals surface area contributed by atoms with Crippen molar-refractivity contribution in [3.8, 4) is 0 Å². The van der Waals surface area contributed by atoms with Crippen LogP contribution in [-0.4, -0.2) is 54.6 Å². The second-order valence-corrected chi connectivity index (χ2v) is 6.60. The van der Waals surface area contributed by atoms with E-state index in [-0.39, 0.29) is 5.91 Å². The molecule has 0 unspecified atom stereocenters. The molecular weight excluding hydrogens is 288 g/mol. The molecule has 3 heterocycles. The van der Waals surface area contributed by atoms with E-state index in [1.54, 1.807) is 6.20 Å². The van der Waals surface area contributed by atoms with Gasteiger partial charge in [0.2, 0.25) is 0 Å². The van der Waals surface area contributed by atoms with Crippen LogP contribution in [0, 0.1) is 0 Å². The number of carbonyl (C=O) groups excluding carboxylic acids is 1. The van der Waals surface area contributed by atoms with Gasteiger partial charge in [-0.1, -0.05) is 6.42 Å². The second-order valence-electron chi connectivity index (χ2n) is 6.60. The summed E-state index contributed by atoms with van der Waals surface area (Å²) in [5, 5.41) is 2.83. The number of aromatic nitrogens is 1.